The number of hydrogen-bond donors (Lipinski definition) is 3. The third-order valence-electron chi connectivity index (χ3n) is 5.77. The quantitative estimate of drug-likeness (QED) is 0.783. The Bertz CT molecular complexity index is 876. The van der Waals surface area contributed by atoms with Gasteiger partial charge in [-0.05, 0) is 66.8 Å². The van der Waals surface area contributed by atoms with Gasteiger partial charge in [-0.2, -0.15) is 0 Å². The van der Waals surface area contributed by atoms with Crippen LogP contribution in [0, 0.1) is 6.92 Å². The zero-order valence-electron chi connectivity index (χ0n) is 14.9. The van der Waals surface area contributed by atoms with Crippen LogP contribution in [0.25, 0.3) is 11.1 Å². The molecule has 2 aromatic carbocycles. The highest BCUT2D eigenvalue weighted by Crippen LogP contribution is 2.53. The maximum absolute atomic E-state index is 10.5. The zero-order chi connectivity index (χ0) is 17.9. The maximum atomic E-state index is 10.5. The summed E-state index contributed by atoms with van der Waals surface area (Å²) in [6.45, 7) is 3.11. The number of benzene rings is 2. The molecule has 2 aliphatic rings. The topological polar surface area (TPSA) is 78.9 Å². The minimum absolute atomic E-state index is 0.174. The van der Waals surface area contributed by atoms with Crippen LogP contribution in [0.3, 0.4) is 0 Å². The van der Waals surface area contributed by atoms with Crippen molar-refractivity contribution in [3.05, 3.63) is 39.9 Å². The van der Waals surface area contributed by atoms with Crippen molar-refractivity contribution in [1.82, 2.24) is 4.90 Å². The predicted molar refractivity (Wildman–Crippen MR) is 97.2 cm³/mol. The van der Waals surface area contributed by atoms with E-state index in [2.05, 4.69) is 11.9 Å². The molecule has 132 valence electrons. The van der Waals surface area contributed by atoms with Gasteiger partial charge in [0, 0.05) is 30.3 Å². The Kier molecular flexibility index (Phi) is 3.67. The summed E-state index contributed by atoms with van der Waals surface area (Å²) < 4.78 is 5.59. The van der Waals surface area contributed by atoms with Gasteiger partial charge >= 0.3 is 0 Å². The minimum atomic E-state index is 0.174. The number of methoxy groups -OCH3 is 1. The fourth-order valence-corrected chi connectivity index (χ4v) is 4.50. The van der Waals surface area contributed by atoms with E-state index >= 15 is 0 Å². The van der Waals surface area contributed by atoms with Gasteiger partial charge in [0.1, 0.15) is 5.75 Å². The summed E-state index contributed by atoms with van der Waals surface area (Å²) in [5.74, 6) is 0.961. The van der Waals surface area contributed by atoms with Gasteiger partial charge in [-0.1, -0.05) is 0 Å². The normalized spacial score (nSPS) is 18.6. The third kappa shape index (κ3) is 2.16. The van der Waals surface area contributed by atoms with Crippen molar-refractivity contribution in [3.8, 4) is 28.4 Å². The molecule has 0 amide bonds. The second-order valence-corrected chi connectivity index (χ2v) is 7.08. The Hall–Kier alpha value is -2.24. The Labute approximate surface area is 147 Å². The average molecular weight is 340 g/mol. The van der Waals surface area contributed by atoms with Gasteiger partial charge < -0.3 is 20.7 Å². The maximum Gasteiger partial charge on any atom is 0.168 e. The molecule has 0 saturated heterocycles. The van der Waals surface area contributed by atoms with Gasteiger partial charge in [-0.15, -0.1) is 0 Å². The van der Waals surface area contributed by atoms with Gasteiger partial charge in [0.25, 0.3) is 0 Å². The first-order valence-corrected chi connectivity index (χ1v) is 8.65. The van der Waals surface area contributed by atoms with Gasteiger partial charge in [0.05, 0.1) is 7.11 Å². The number of nitrogens with zero attached hydrogens (tertiary/aromatic N) is 1. The molecule has 1 aliphatic heterocycles. The number of likely N-dealkylation sites (N-methyl/N-ethyl adjacent to an activating group) is 1. The highest BCUT2D eigenvalue weighted by atomic mass is 16.5. The molecule has 1 atom stereocenters. The van der Waals surface area contributed by atoms with Crippen LogP contribution in [0.1, 0.15) is 33.9 Å². The van der Waals surface area contributed by atoms with Crippen LogP contribution < -0.4 is 10.5 Å². The van der Waals surface area contributed by atoms with Crippen LogP contribution in [-0.4, -0.2) is 35.8 Å². The van der Waals surface area contributed by atoms with Crippen molar-refractivity contribution in [3.63, 3.8) is 0 Å². The third-order valence-corrected chi connectivity index (χ3v) is 5.77. The summed E-state index contributed by atoms with van der Waals surface area (Å²) in [6.07, 6.45) is 1.71. The summed E-state index contributed by atoms with van der Waals surface area (Å²) in [4.78, 5) is 2.34. The van der Waals surface area contributed by atoms with Crippen LogP contribution >= 0.6 is 0 Å². The first-order chi connectivity index (χ1) is 12.0. The highest BCUT2D eigenvalue weighted by molar-refractivity contribution is 5.85. The van der Waals surface area contributed by atoms with E-state index in [1.165, 1.54) is 11.1 Å². The molecular formula is C20H24N2O3. The molecule has 0 radical (unpaired) electrons. The summed E-state index contributed by atoms with van der Waals surface area (Å²) >= 11 is 0. The summed E-state index contributed by atoms with van der Waals surface area (Å²) in [6, 6.07) is 4.04. The van der Waals surface area contributed by atoms with E-state index in [-0.39, 0.29) is 24.1 Å². The number of nitrogens with two attached hydrogens (primary N) is 1. The van der Waals surface area contributed by atoms with Crippen molar-refractivity contribution in [2.24, 2.45) is 5.73 Å². The molecule has 0 saturated carbocycles. The van der Waals surface area contributed by atoms with E-state index in [4.69, 9.17) is 10.5 Å². The molecule has 5 heteroatoms. The molecule has 1 unspecified atom stereocenters. The smallest absolute Gasteiger partial charge is 0.168 e. The Balaban J connectivity index is 2.13. The number of aromatic hydroxyl groups is 2. The van der Waals surface area contributed by atoms with Gasteiger partial charge in [0.2, 0.25) is 0 Å². The molecule has 1 aliphatic carbocycles. The molecule has 5 nitrogen and oxygen atoms in total. The number of phenolic OH excluding ortho intramolecular Hbond substituents is 2. The second kappa shape index (κ2) is 5.64. The lowest BCUT2D eigenvalue weighted by molar-refractivity contribution is 0.226. The number of phenols is 2. The molecule has 0 bridgehead atoms. The summed E-state index contributed by atoms with van der Waals surface area (Å²) in [5, 5.41) is 21.0. The Morgan fingerprint density at radius 1 is 1.32 bits per heavy atom. The highest BCUT2D eigenvalue weighted by Gasteiger charge is 2.37. The molecule has 2 aromatic rings. The zero-order valence-corrected chi connectivity index (χ0v) is 14.9. The molecule has 25 heavy (non-hydrogen) atoms. The number of aryl methyl sites for hydroxylation is 1. The number of fused-ring (bicyclic) bond motifs is 2. The first kappa shape index (κ1) is 16.2. The van der Waals surface area contributed by atoms with E-state index < -0.39 is 0 Å². The molecule has 4 N–H and O–H groups in total. The monoisotopic (exact) mass is 340 g/mol. The van der Waals surface area contributed by atoms with Crippen LogP contribution in [0.5, 0.6) is 17.2 Å². The van der Waals surface area contributed by atoms with Crippen molar-refractivity contribution in [2.75, 3.05) is 20.7 Å². The van der Waals surface area contributed by atoms with Crippen molar-refractivity contribution in [2.45, 2.75) is 32.4 Å². The van der Waals surface area contributed by atoms with Crippen molar-refractivity contribution in [1.29, 1.82) is 0 Å². The number of ether oxygens (including phenoxy) is 1. The summed E-state index contributed by atoms with van der Waals surface area (Å²) in [5.41, 5.74) is 13.0. The molecular weight excluding hydrogens is 316 g/mol. The van der Waals surface area contributed by atoms with Crippen LogP contribution in [0.2, 0.25) is 0 Å². The number of rotatable bonds is 2. The number of hydrogen-bond acceptors (Lipinski definition) is 5. The van der Waals surface area contributed by atoms with Gasteiger partial charge in [0.15, 0.2) is 11.5 Å². The van der Waals surface area contributed by atoms with Gasteiger partial charge in [-0.3, -0.25) is 4.90 Å². The van der Waals surface area contributed by atoms with E-state index in [0.717, 1.165) is 47.2 Å². The van der Waals surface area contributed by atoms with Gasteiger partial charge in [-0.25, -0.2) is 0 Å². The lowest BCUT2D eigenvalue weighted by atomic mass is 9.74. The van der Waals surface area contributed by atoms with E-state index in [1.54, 1.807) is 7.11 Å². The van der Waals surface area contributed by atoms with Crippen molar-refractivity contribution >= 4 is 0 Å². The molecule has 0 aromatic heterocycles. The largest absolute Gasteiger partial charge is 0.507 e. The average Bonchev–Trinajstić information content (AvgIpc) is 2.59. The lowest BCUT2D eigenvalue weighted by Crippen LogP contribution is -2.36. The van der Waals surface area contributed by atoms with Crippen LogP contribution in [0.4, 0.5) is 0 Å². The standard InChI is InChI=1S/C20H24N2O3/c1-10-6-13-12(14(9-21)19(10)24)8-15-17-11(4-5-22(15)2)7-16(23)20(25-3)18(13)17/h6-7,15,23-24H,4-5,8-9,21H2,1-3H3. The van der Waals surface area contributed by atoms with Crippen LogP contribution in [0.15, 0.2) is 12.1 Å². The fourth-order valence-electron chi connectivity index (χ4n) is 4.50. The molecule has 0 fully saturated rings. The predicted octanol–water partition coefficient (Wildman–Crippen LogP) is 2.63. The minimum Gasteiger partial charge on any atom is -0.507 e. The van der Waals surface area contributed by atoms with Crippen molar-refractivity contribution < 1.29 is 14.9 Å². The van der Waals surface area contributed by atoms with E-state index in [1.807, 2.05) is 19.1 Å². The first-order valence-electron chi connectivity index (χ1n) is 8.65. The van der Waals surface area contributed by atoms with E-state index in [0.29, 0.717) is 5.75 Å². The SMILES string of the molecule is COc1c(O)cc2c3c1-c1cc(C)c(O)c(CN)c1CC3N(C)CC2. The fraction of sp³-hybridized carbons (Fsp3) is 0.400. The second-order valence-electron chi connectivity index (χ2n) is 7.08. The van der Waals surface area contributed by atoms with E-state index in [9.17, 15) is 10.2 Å². The lowest BCUT2D eigenvalue weighted by Gasteiger charge is -2.41. The molecule has 0 spiro atoms. The van der Waals surface area contributed by atoms with Crippen LogP contribution in [-0.2, 0) is 19.4 Å². The molecule has 1 heterocycles. The summed E-state index contributed by atoms with van der Waals surface area (Å²) in [7, 11) is 3.71. The Morgan fingerprint density at radius 3 is 2.76 bits per heavy atom. The molecule has 4 rings (SSSR count). The Morgan fingerprint density at radius 2 is 2.08 bits per heavy atom.